The Morgan fingerprint density at radius 2 is 1.34 bits per heavy atom. The van der Waals surface area contributed by atoms with Gasteiger partial charge >= 0.3 is 0 Å². The van der Waals surface area contributed by atoms with Crippen LogP contribution in [0.15, 0.2) is 140 Å². The summed E-state index contributed by atoms with van der Waals surface area (Å²) in [6.07, 6.45) is 0. The number of rotatable bonds is 9. The molecule has 0 saturated carbocycles. The number of nitrogens with zero attached hydrogens (tertiary/aromatic N) is 1. The van der Waals surface area contributed by atoms with Gasteiger partial charge in [-0.2, -0.15) is 0 Å². The highest BCUT2D eigenvalue weighted by Gasteiger charge is 2.43. The minimum Gasteiger partial charge on any atom is -0.489 e. The van der Waals surface area contributed by atoms with Gasteiger partial charge in [0.2, 0.25) is 5.91 Å². The van der Waals surface area contributed by atoms with Gasteiger partial charge in [0, 0.05) is 16.3 Å². The number of hydrogen-bond donors (Lipinski definition) is 1. The Bertz CT molecular complexity index is 1650. The first-order valence-electron chi connectivity index (χ1n) is 14.4. The molecule has 1 fully saturated rings. The van der Waals surface area contributed by atoms with Crippen molar-refractivity contribution < 1.29 is 14.3 Å². The third-order valence-corrected chi connectivity index (χ3v) is 9.17. The Kier molecular flexibility index (Phi) is 9.30. The summed E-state index contributed by atoms with van der Waals surface area (Å²) in [6.45, 7) is 0.464. The van der Waals surface area contributed by atoms with Crippen LogP contribution >= 0.6 is 23.4 Å². The van der Waals surface area contributed by atoms with Gasteiger partial charge < -0.3 is 15.0 Å². The van der Waals surface area contributed by atoms with E-state index in [0.717, 1.165) is 28.0 Å². The lowest BCUT2D eigenvalue weighted by molar-refractivity contribution is -0.125. The fourth-order valence-electron chi connectivity index (χ4n) is 5.31. The van der Waals surface area contributed by atoms with Crippen LogP contribution < -0.4 is 10.1 Å². The maximum Gasteiger partial charge on any atom is 0.255 e. The molecule has 1 saturated heterocycles. The summed E-state index contributed by atoms with van der Waals surface area (Å²) in [5.41, 5.74) is 4.42. The lowest BCUT2D eigenvalue weighted by atomic mass is 9.98. The minimum atomic E-state index is -0.683. The third-order valence-electron chi connectivity index (χ3n) is 7.59. The number of carbonyl (C=O) groups excluding carboxylic acids is 2. The fourth-order valence-corrected chi connectivity index (χ4v) is 6.87. The number of halogens is 1. The Morgan fingerprint density at radius 1 is 0.773 bits per heavy atom. The van der Waals surface area contributed by atoms with E-state index in [1.54, 1.807) is 40.9 Å². The van der Waals surface area contributed by atoms with Gasteiger partial charge in [-0.25, -0.2) is 0 Å². The van der Waals surface area contributed by atoms with Crippen LogP contribution in [0.5, 0.6) is 5.75 Å². The standard InChI is InChI=1S/C37H31ClN2O3S/c38-31-20-16-29(17-21-31)36(42)40-33(35(41)39-34(27-12-6-2-7-13-27)28-14-8-3-9-15-28)25-44-37(40)30-18-22-32(23-19-30)43-24-26-10-4-1-5-11-26/h1-23,33-34,37H,24-25H2,(H,39,41). The monoisotopic (exact) mass is 618 g/mol. The minimum absolute atomic E-state index is 0.206. The first-order valence-corrected chi connectivity index (χ1v) is 15.9. The van der Waals surface area contributed by atoms with Crippen LogP contribution in [-0.4, -0.2) is 28.5 Å². The van der Waals surface area contributed by atoms with Gasteiger partial charge in [0.1, 0.15) is 23.8 Å². The molecule has 0 aliphatic carbocycles. The molecule has 7 heteroatoms. The molecule has 2 unspecified atom stereocenters. The van der Waals surface area contributed by atoms with E-state index in [1.165, 1.54) is 0 Å². The highest BCUT2D eigenvalue weighted by atomic mass is 35.5. The van der Waals surface area contributed by atoms with Crippen LogP contribution in [0.4, 0.5) is 0 Å². The number of carbonyl (C=O) groups is 2. The van der Waals surface area contributed by atoms with Crippen molar-refractivity contribution in [3.63, 3.8) is 0 Å². The van der Waals surface area contributed by atoms with E-state index in [1.807, 2.05) is 115 Å². The molecule has 5 aromatic rings. The van der Waals surface area contributed by atoms with Gasteiger partial charge in [-0.3, -0.25) is 9.59 Å². The summed E-state index contributed by atoms with van der Waals surface area (Å²) in [7, 11) is 0. The van der Waals surface area contributed by atoms with Gasteiger partial charge in [-0.05, 0) is 58.7 Å². The van der Waals surface area contributed by atoms with E-state index in [4.69, 9.17) is 16.3 Å². The Morgan fingerprint density at radius 3 is 1.93 bits per heavy atom. The van der Waals surface area contributed by atoms with Crippen molar-refractivity contribution >= 4 is 35.2 Å². The largest absolute Gasteiger partial charge is 0.489 e. The maximum absolute atomic E-state index is 14.1. The van der Waals surface area contributed by atoms with Crippen LogP contribution in [0.2, 0.25) is 5.02 Å². The zero-order valence-corrected chi connectivity index (χ0v) is 25.5. The van der Waals surface area contributed by atoms with Crippen molar-refractivity contribution in [1.29, 1.82) is 0 Å². The van der Waals surface area contributed by atoms with Gasteiger partial charge in [-0.1, -0.05) is 115 Å². The summed E-state index contributed by atoms with van der Waals surface area (Å²) in [5, 5.41) is 3.45. The zero-order valence-electron chi connectivity index (χ0n) is 23.9. The van der Waals surface area contributed by atoms with Gasteiger partial charge in [0.15, 0.2) is 0 Å². The lowest BCUT2D eigenvalue weighted by Gasteiger charge is -2.30. The van der Waals surface area contributed by atoms with E-state index >= 15 is 0 Å². The molecule has 5 nitrogen and oxygen atoms in total. The molecule has 1 heterocycles. The molecule has 44 heavy (non-hydrogen) atoms. The molecule has 2 atom stereocenters. The summed E-state index contributed by atoms with van der Waals surface area (Å²) in [5.74, 6) is 0.761. The van der Waals surface area contributed by atoms with Crippen molar-refractivity contribution in [1.82, 2.24) is 10.2 Å². The Balaban J connectivity index is 1.27. The molecule has 0 aromatic heterocycles. The van der Waals surface area contributed by atoms with E-state index in [-0.39, 0.29) is 23.2 Å². The van der Waals surface area contributed by atoms with Crippen LogP contribution in [0.1, 0.15) is 44.0 Å². The molecule has 5 aromatic carbocycles. The maximum atomic E-state index is 14.1. The van der Waals surface area contributed by atoms with Gasteiger partial charge in [0.05, 0.1) is 6.04 Å². The summed E-state index contributed by atoms with van der Waals surface area (Å²) in [4.78, 5) is 29.9. The molecule has 1 N–H and O–H groups in total. The fraction of sp³-hybridized carbons (Fsp3) is 0.135. The lowest BCUT2D eigenvalue weighted by Crippen LogP contribution is -2.48. The predicted molar refractivity (Wildman–Crippen MR) is 177 cm³/mol. The molecule has 1 aliphatic heterocycles. The van der Waals surface area contributed by atoms with Crippen molar-refractivity contribution in [2.75, 3.05) is 5.75 Å². The zero-order chi connectivity index (χ0) is 30.3. The highest BCUT2D eigenvalue weighted by molar-refractivity contribution is 7.99. The first-order chi connectivity index (χ1) is 21.6. The van der Waals surface area contributed by atoms with Crippen LogP contribution in [0, 0.1) is 0 Å². The Hall–Kier alpha value is -4.52. The molecule has 0 bridgehead atoms. The highest BCUT2D eigenvalue weighted by Crippen LogP contribution is 2.43. The quantitative estimate of drug-likeness (QED) is 0.181. The molecule has 0 spiro atoms. The predicted octanol–water partition coefficient (Wildman–Crippen LogP) is 8.08. The average Bonchev–Trinajstić information content (AvgIpc) is 3.53. The summed E-state index contributed by atoms with van der Waals surface area (Å²) in [6, 6.07) is 43.3. The smallest absolute Gasteiger partial charge is 0.255 e. The number of amides is 2. The SMILES string of the molecule is O=C(NC(c1ccccc1)c1ccccc1)C1CSC(c2ccc(OCc3ccccc3)cc2)N1C(=O)c1ccc(Cl)cc1. The second-order valence-electron chi connectivity index (χ2n) is 10.5. The van der Waals surface area contributed by atoms with Gasteiger partial charge in [0.25, 0.3) is 5.91 Å². The van der Waals surface area contributed by atoms with Crippen LogP contribution in [-0.2, 0) is 11.4 Å². The second kappa shape index (κ2) is 13.8. The number of hydrogen-bond acceptors (Lipinski definition) is 4. The molecule has 0 radical (unpaired) electrons. The molecular weight excluding hydrogens is 588 g/mol. The van der Waals surface area contributed by atoms with E-state index in [2.05, 4.69) is 5.32 Å². The van der Waals surface area contributed by atoms with Crippen molar-refractivity contribution in [2.45, 2.75) is 24.1 Å². The summed E-state index contributed by atoms with van der Waals surface area (Å²) >= 11 is 7.71. The molecule has 6 rings (SSSR count). The third kappa shape index (κ3) is 6.83. The number of ether oxygens (including phenoxy) is 1. The van der Waals surface area contributed by atoms with Crippen molar-refractivity contribution in [3.8, 4) is 5.75 Å². The normalized spacial score (nSPS) is 16.1. The topological polar surface area (TPSA) is 58.6 Å². The van der Waals surface area contributed by atoms with Crippen LogP contribution in [0.3, 0.4) is 0 Å². The first kappa shape index (κ1) is 29.5. The van der Waals surface area contributed by atoms with E-state index in [9.17, 15) is 9.59 Å². The van der Waals surface area contributed by atoms with Crippen molar-refractivity contribution in [2.24, 2.45) is 0 Å². The van der Waals surface area contributed by atoms with Gasteiger partial charge in [-0.15, -0.1) is 11.8 Å². The summed E-state index contributed by atoms with van der Waals surface area (Å²) < 4.78 is 5.99. The van der Waals surface area contributed by atoms with Crippen molar-refractivity contribution in [3.05, 3.63) is 172 Å². The molecule has 2 amide bonds. The van der Waals surface area contributed by atoms with Crippen LogP contribution in [0.25, 0.3) is 0 Å². The van der Waals surface area contributed by atoms with E-state index in [0.29, 0.717) is 22.9 Å². The number of nitrogens with one attached hydrogen (secondary N) is 1. The molecule has 220 valence electrons. The average molecular weight is 619 g/mol. The second-order valence-corrected chi connectivity index (χ2v) is 12.1. The number of thioether (sulfide) groups is 1. The number of benzene rings is 5. The Labute approximate surface area is 266 Å². The van der Waals surface area contributed by atoms with E-state index < -0.39 is 6.04 Å². The molecule has 1 aliphatic rings. The molecular formula is C37H31ClN2O3S.